The van der Waals surface area contributed by atoms with Crippen molar-refractivity contribution in [3.05, 3.63) is 11.7 Å². The van der Waals surface area contributed by atoms with Crippen molar-refractivity contribution < 1.29 is 14.0 Å². The van der Waals surface area contributed by atoms with Gasteiger partial charge in [-0.2, -0.15) is 4.98 Å². The average Bonchev–Trinajstić information content (AvgIpc) is 2.89. The first-order chi connectivity index (χ1) is 9.24. The molecule has 0 radical (unpaired) electrons. The summed E-state index contributed by atoms with van der Waals surface area (Å²) in [6.45, 7) is 6.03. The zero-order valence-electron chi connectivity index (χ0n) is 11.5. The third kappa shape index (κ3) is 3.73. The summed E-state index contributed by atoms with van der Waals surface area (Å²) in [7, 11) is 1.59. The van der Waals surface area contributed by atoms with Gasteiger partial charge in [0.05, 0.1) is 13.2 Å². The van der Waals surface area contributed by atoms with Crippen LogP contribution in [0.3, 0.4) is 0 Å². The lowest BCUT2D eigenvalue weighted by Crippen LogP contribution is -2.39. The van der Waals surface area contributed by atoms with Crippen molar-refractivity contribution in [3.8, 4) is 0 Å². The lowest BCUT2D eigenvalue weighted by Gasteiger charge is -2.30. The Morgan fingerprint density at radius 3 is 3.16 bits per heavy atom. The summed E-state index contributed by atoms with van der Waals surface area (Å²) >= 11 is 0. The second-order valence-corrected chi connectivity index (χ2v) is 4.71. The lowest BCUT2D eigenvalue weighted by molar-refractivity contribution is -0.0350. The van der Waals surface area contributed by atoms with Crippen LogP contribution in [0.5, 0.6) is 0 Å². The van der Waals surface area contributed by atoms with Crippen molar-refractivity contribution in [1.29, 1.82) is 0 Å². The van der Waals surface area contributed by atoms with Crippen LogP contribution in [0.15, 0.2) is 4.52 Å². The Labute approximate surface area is 113 Å². The summed E-state index contributed by atoms with van der Waals surface area (Å²) in [4.78, 5) is 6.66. The molecular weight excluding hydrogens is 248 g/mol. The molecule has 2 rings (SSSR count). The predicted molar refractivity (Wildman–Crippen MR) is 68.5 cm³/mol. The molecule has 1 saturated heterocycles. The number of rotatable bonds is 6. The van der Waals surface area contributed by atoms with E-state index in [-0.39, 0.29) is 12.1 Å². The van der Waals surface area contributed by atoms with E-state index in [1.807, 2.05) is 0 Å². The summed E-state index contributed by atoms with van der Waals surface area (Å²) in [5, 5.41) is 3.96. The van der Waals surface area contributed by atoms with Crippen LogP contribution in [0.4, 0.5) is 0 Å². The van der Waals surface area contributed by atoms with Crippen molar-refractivity contribution in [2.75, 3.05) is 40.0 Å². The average molecular weight is 270 g/mol. The quantitative estimate of drug-likeness (QED) is 0.805. The number of hydrogen-bond donors (Lipinski definition) is 1. The summed E-state index contributed by atoms with van der Waals surface area (Å²) < 4.78 is 15.8. The normalized spacial score (nSPS) is 22.6. The fraction of sp³-hybridized carbons (Fsp3) is 0.833. The summed E-state index contributed by atoms with van der Waals surface area (Å²) in [6.07, 6.45) is 0.996. The summed E-state index contributed by atoms with van der Waals surface area (Å²) in [5.41, 5.74) is 5.85. The van der Waals surface area contributed by atoms with E-state index in [0.29, 0.717) is 24.9 Å². The molecule has 19 heavy (non-hydrogen) atoms. The van der Waals surface area contributed by atoms with Crippen LogP contribution in [0.25, 0.3) is 0 Å². The Morgan fingerprint density at radius 2 is 2.42 bits per heavy atom. The van der Waals surface area contributed by atoms with Gasteiger partial charge in [-0.1, -0.05) is 12.1 Å². The maximum absolute atomic E-state index is 5.85. The van der Waals surface area contributed by atoms with E-state index in [1.54, 1.807) is 7.11 Å². The molecule has 7 heteroatoms. The minimum absolute atomic E-state index is 0.132. The number of nitrogens with zero attached hydrogens (tertiary/aromatic N) is 3. The van der Waals surface area contributed by atoms with Crippen molar-refractivity contribution in [1.82, 2.24) is 15.0 Å². The molecule has 1 aliphatic heterocycles. The van der Waals surface area contributed by atoms with Gasteiger partial charge in [-0.3, -0.25) is 4.90 Å². The SMILES string of the molecule is CCCN1CCOC(c2noc(C(N)COC)n2)C1. The van der Waals surface area contributed by atoms with Gasteiger partial charge in [-0.25, -0.2) is 0 Å². The number of hydrogen-bond acceptors (Lipinski definition) is 7. The van der Waals surface area contributed by atoms with Gasteiger partial charge >= 0.3 is 0 Å². The number of methoxy groups -OCH3 is 1. The Bertz CT molecular complexity index is 383. The third-order valence-electron chi connectivity index (χ3n) is 3.10. The number of aromatic nitrogens is 2. The van der Waals surface area contributed by atoms with Gasteiger partial charge in [0, 0.05) is 20.2 Å². The second-order valence-electron chi connectivity index (χ2n) is 4.71. The van der Waals surface area contributed by atoms with Crippen LogP contribution >= 0.6 is 0 Å². The van der Waals surface area contributed by atoms with Crippen molar-refractivity contribution >= 4 is 0 Å². The lowest BCUT2D eigenvalue weighted by atomic mass is 10.2. The minimum atomic E-state index is -0.387. The molecule has 1 aromatic rings. The van der Waals surface area contributed by atoms with Gasteiger partial charge in [0.1, 0.15) is 12.1 Å². The molecule has 7 nitrogen and oxygen atoms in total. The Balaban J connectivity index is 1.97. The number of ether oxygens (including phenoxy) is 2. The van der Waals surface area contributed by atoms with Gasteiger partial charge in [-0.15, -0.1) is 0 Å². The maximum atomic E-state index is 5.85. The highest BCUT2D eigenvalue weighted by atomic mass is 16.5. The molecular formula is C12H22N4O3. The highest BCUT2D eigenvalue weighted by Gasteiger charge is 2.26. The fourth-order valence-electron chi connectivity index (χ4n) is 2.16. The van der Waals surface area contributed by atoms with E-state index in [2.05, 4.69) is 22.0 Å². The largest absolute Gasteiger partial charge is 0.383 e. The van der Waals surface area contributed by atoms with E-state index in [9.17, 15) is 0 Å². The van der Waals surface area contributed by atoms with Crippen molar-refractivity contribution in [3.63, 3.8) is 0 Å². The van der Waals surface area contributed by atoms with E-state index >= 15 is 0 Å². The standard InChI is InChI=1S/C12H22N4O3/c1-3-4-16-5-6-18-10(7-16)11-14-12(19-15-11)9(13)8-17-2/h9-10H,3-8,13H2,1-2H3. The Morgan fingerprint density at radius 1 is 1.58 bits per heavy atom. The van der Waals surface area contributed by atoms with E-state index in [4.69, 9.17) is 19.7 Å². The van der Waals surface area contributed by atoms with Crippen LogP contribution in [0.1, 0.15) is 37.2 Å². The molecule has 2 atom stereocenters. The van der Waals surface area contributed by atoms with Crippen molar-refractivity contribution in [2.24, 2.45) is 5.73 Å². The summed E-state index contributed by atoms with van der Waals surface area (Å²) in [5.74, 6) is 0.968. The molecule has 2 N–H and O–H groups in total. The first-order valence-electron chi connectivity index (χ1n) is 6.66. The summed E-state index contributed by atoms with van der Waals surface area (Å²) in [6, 6.07) is -0.387. The molecule has 1 fully saturated rings. The highest BCUT2D eigenvalue weighted by Crippen LogP contribution is 2.21. The number of nitrogens with two attached hydrogens (primary N) is 1. The first kappa shape index (κ1) is 14.4. The fourth-order valence-corrected chi connectivity index (χ4v) is 2.16. The molecule has 0 saturated carbocycles. The second kappa shape index (κ2) is 6.95. The molecule has 0 aliphatic carbocycles. The molecule has 0 bridgehead atoms. The zero-order chi connectivity index (χ0) is 13.7. The van der Waals surface area contributed by atoms with Gasteiger partial charge in [0.2, 0.25) is 11.7 Å². The van der Waals surface area contributed by atoms with Crippen molar-refractivity contribution in [2.45, 2.75) is 25.5 Å². The van der Waals surface area contributed by atoms with E-state index in [1.165, 1.54) is 0 Å². The smallest absolute Gasteiger partial charge is 0.246 e. The van der Waals surface area contributed by atoms with Crippen LogP contribution in [-0.2, 0) is 9.47 Å². The zero-order valence-corrected chi connectivity index (χ0v) is 11.5. The predicted octanol–water partition coefficient (Wildman–Crippen LogP) is 0.499. The van der Waals surface area contributed by atoms with Crippen LogP contribution in [0.2, 0.25) is 0 Å². The maximum Gasteiger partial charge on any atom is 0.246 e. The Kier molecular flexibility index (Phi) is 5.26. The van der Waals surface area contributed by atoms with Crippen LogP contribution < -0.4 is 5.73 Å². The Hall–Kier alpha value is -1.02. The molecule has 2 unspecified atom stereocenters. The third-order valence-corrected chi connectivity index (χ3v) is 3.10. The molecule has 1 aliphatic rings. The number of morpholine rings is 1. The van der Waals surface area contributed by atoms with E-state index < -0.39 is 0 Å². The van der Waals surface area contributed by atoms with E-state index in [0.717, 1.165) is 26.1 Å². The molecule has 108 valence electrons. The molecule has 0 spiro atoms. The minimum Gasteiger partial charge on any atom is -0.383 e. The monoisotopic (exact) mass is 270 g/mol. The van der Waals surface area contributed by atoms with Gasteiger partial charge < -0.3 is 19.7 Å². The van der Waals surface area contributed by atoms with Crippen LogP contribution in [-0.4, -0.2) is 55.0 Å². The first-order valence-corrected chi connectivity index (χ1v) is 6.66. The highest BCUT2D eigenvalue weighted by molar-refractivity contribution is 4.97. The molecule has 0 amide bonds. The van der Waals surface area contributed by atoms with Gasteiger partial charge in [0.25, 0.3) is 0 Å². The molecule has 0 aromatic carbocycles. The molecule has 1 aromatic heterocycles. The molecule has 2 heterocycles. The van der Waals surface area contributed by atoms with Gasteiger partial charge in [-0.05, 0) is 13.0 Å². The topological polar surface area (TPSA) is 86.6 Å². The van der Waals surface area contributed by atoms with Crippen LogP contribution in [0, 0.1) is 0 Å². The van der Waals surface area contributed by atoms with Gasteiger partial charge in [0.15, 0.2) is 0 Å².